The molecule has 1 aliphatic carbocycles. The van der Waals surface area contributed by atoms with Crippen LogP contribution in [-0.2, 0) is 10.8 Å². The van der Waals surface area contributed by atoms with Crippen LogP contribution in [-0.4, -0.2) is 99.1 Å². The molecule has 0 aliphatic heterocycles. The van der Waals surface area contributed by atoms with E-state index >= 15 is 0 Å². The van der Waals surface area contributed by atoms with Gasteiger partial charge in [0.05, 0.1) is 0 Å². The number of benzene rings is 4. The highest BCUT2D eigenvalue weighted by Crippen LogP contribution is 2.58. The van der Waals surface area contributed by atoms with Crippen molar-refractivity contribution in [3.05, 3.63) is 125 Å². The summed E-state index contributed by atoms with van der Waals surface area (Å²) in [5.41, 5.74) is 9.69. The van der Waals surface area contributed by atoms with Gasteiger partial charge >= 0.3 is 0 Å². The second-order valence-corrected chi connectivity index (χ2v) is 14.9. The molecule has 0 N–H and O–H groups in total. The fraction of sp³-hybridized carbons (Fsp3) is 0.143. The van der Waals surface area contributed by atoms with E-state index in [9.17, 15) is 0 Å². The largest absolute Gasteiger partial charge is 0.587 e. The summed E-state index contributed by atoms with van der Waals surface area (Å²) in [6, 6.07) is 36.0. The van der Waals surface area contributed by atoms with Crippen molar-refractivity contribution in [2.24, 2.45) is 0 Å². The van der Waals surface area contributed by atoms with Gasteiger partial charge in [0.15, 0.2) is 0 Å². The Kier molecular flexibility index (Phi) is 8.45. The van der Waals surface area contributed by atoms with Gasteiger partial charge in [-0.25, -0.2) is 0 Å². The van der Waals surface area contributed by atoms with Crippen molar-refractivity contribution in [3.8, 4) is 0 Å². The Labute approximate surface area is 271 Å². The molecular weight excluding hydrogens is 540 g/mol. The van der Waals surface area contributed by atoms with Gasteiger partial charge < -0.3 is 8.60 Å². The molecule has 0 aromatic heterocycles. The molecule has 37 heavy (non-hydrogen) atoms. The highest BCUT2D eigenvalue weighted by Gasteiger charge is 2.52. The summed E-state index contributed by atoms with van der Waals surface area (Å²) in [5.74, 6) is 0. The highest BCUT2D eigenvalue weighted by molar-refractivity contribution is 6.42. The van der Waals surface area contributed by atoms with Crippen LogP contribution >= 0.6 is 0 Å². The smallest absolute Gasteiger partial charge is 0.277 e. The van der Waals surface area contributed by atoms with Crippen LogP contribution in [0.2, 0.25) is 0 Å². The molecule has 166 valence electrons. The first-order valence-electron chi connectivity index (χ1n) is 12.0. The zero-order chi connectivity index (χ0) is 26.4. The summed E-state index contributed by atoms with van der Waals surface area (Å²) >= 11 is 16.3. The molecular formula is C28H21Al6N3. The van der Waals surface area contributed by atoms with Crippen LogP contribution in [0.25, 0.3) is 0 Å². The molecule has 4 aromatic carbocycles. The Bertz CT molecular complexity index is 1340. The summed E-state index contributed by atoms with van der Waals surface area (Å²) in [6.45, 7) is 2.41. The molecule has 1 atom stereocenters. The number of rotatable bonds is 6. The van der Waals surface area contributed by atoms with Crippen LogP contribution in [0.5, 0.6) is 0 Å². The van der Waals surface area contributed by atoms with Gasteiger partial charge in [0.1, 0.15) is 0 Å². The fourth-order valence-corrected chi connectivity index (χ4v) is 6.87. The second kappa shape index (κ2) is 11.2. The molecule has 3 nitrogen and oxygen atoms in total. The quantitative estimate of drug-likeness (QED) is 0.333. The third kappa shape index (κ3) is 5.08. The zero-order valence-electron chi connectivity index (χ0n) is 20.8. The third-order valence-corrected chi connectivity index (χ3v) is 9.51. The third-order valence-electron chi connectivity index (χ3n) is 7.72. The lowest BCUT2D eigenvalue weighted by Crippen LogP contribution is -2.30. The molecule has 0 bridgehead atoms. The van der Waals surface area contributed by atoms with Crippen LogP contribution in [0.4, 0.5) is 17.1 Å². The van der Waals surface area contributed by atoms with Gasteiger partial charge in [-0.2, -0.15) is 0 Å². The molecule has 9 heteroatoms. The van der Waals surface area contributed by atoms with Crippen molar-refractivity contribution in [3.63, 3.8) is 0 Å². The second-order valence-electron chi connectivity index (χ2n) is 9.82. The Morgan fingerprint density at radius 1 is 0.486 bits per heavy atom. The Balaban J connectivity index is 1.74. The normalized spacial score (nSPS) is 17.6. The lowest BCUT2D eigenvalue weighted by Gasteiger charge is -2.36. The van der Waals surface area contributed by atoms with Gasteiger partial charge in [0.2, 0.25) is 0 Å². The standard InChI is InChI=1S/C28H21N3.6Al/c1-27(19-6-12-22(29)13-7-19)18-28(20-8-14-23(30)15-9-20,21-10-16-24(31)17-11-21)26-5-3-2-4-25(26)27;;;;;;/h2-17H,18H2,1H3;;;;;;. The zero-order valence-corrected chi connectivity index (χ0v) is 27.7. The molecule has 0 saturated heterocycles. The maximum Gasteiger partial charge on any atom is 0.277 e. The van der Waals surface area contributed by atoms with Crippen molar-refractivity contribution in [2.45, 2.75) is 24.2 Å². The fourth-order valence-electron chi connectivity index (χ4n) is 5.83. The van der Waals surface area contributed by atoms with Crippen LogP contribution in [0, 0.1) is 0 Å². The van der Waals surface area contributed by atoms with Crippen LogP contribution in [0.1, 0.15) is 41.2 Å². The van der Waals surface area contributed by atoms with E-state index in [2.05, 4.69) is 203 Å². The van der Waals surface area contributed by atoms with Crippen LogP contribution < -0.4 is 8.60 Å². The molecule has 0 fully saturated rings. The molecule has 0 spiro atoms. The lowest BCUT2D eigenvalue weighted by atomic mass is 9.67. The van der Waals surface area contributed by atoms with Gasteiger partial charge in [0.25, 0.3) is 99.1 Å². The molecule has 4 aromatic rings. The number of anilines is 3. The Morgan fingerprint density at radius 3 is 1.22 bits per heavy atom. The minimum Gasteiger partial charge on any atom is -0.587 e. The Hall–Kier alpha value is -0.525. The van der Waals surface area contributed by atoms with Gasteiger partial charge in [-0.15, -0.1) is 0 Å². The van der Waals surface area contributed by atoms with Gasteiger partial charge in [0, 0.05) is 10.8 Å². The van der Waals surface area contributed by atoms with Gasteiger partial charge in [-0.1, -0.05) is 67.6 Å². The van der Waals surface area contributed by atoms with Crippen molar-refractivity contribution in [2.75, 3.05) is 8.60 Å². The van der Waals surface area contributed by atoms with Crippen molar-refractivity contribution in [1.82, 2.24) is 0 Å². The van der Waals surface area contributed by atoms with E-state index in [-0.39, 0.29) is 10.8 Å². The first-order chi connectivity index (χ1) is 17.7. The van der Waals surface area contributed by atoms with E-state index in [0.717, 1.165) is 23.5 Å². The molecule has 0 saturated carbocycles. The topological polar surface area (TPSA) is 9.72 Å². The molecule has 0 amide bonds. The highest BCUT2D eigenvalue weighted by atomic mass is 27.1. The average Bonchev–Trinajstić information content (AvgIpc) is 3.19. The molecule has 12 radical (unpaired) electrons. The molecule has 0 heterocycles. The first kappa shape index (κ1) is 28.0. The maximum atomic E-state index is 2.72. The number of fused-ring (bicyclic) bond motifs is 1. The van der Waals surface area contributed by atoms with Gasteiger partial charge in [-0.05, 0) is 87.7 Å². The van der Waals surface area contributed by atoms with Crippen molar-refractivity contribution >= 4 is 116 Å². The summed E-state index contributed by atoms with van der Waals surface area (Å²) in [4.78, 5) is 0. The predicted molar refractivity (Wildman–Crippen MR) is 159 cm³/mol. The van der Waals surface area contributed by atoms with Crippen molar-refractivity contribution in [1.29, 1.82) is 0 Å². The number of hydrogen-bond donors (Lipinski definition) is 0. The SMILES string of the molecule is CC1(c2ccc([N]([Al])[Al])cc2)CC(c2ccc([N]([Al])[Al])cc2)(c2ccc([N]([Al])[Al])cc2)c2ccccc21. The number of nitrogens with zero attached hydrogens (tertiary/aromatic N) is 3. The minimum absolute atomic E-state index is 0.153. The van der Waals surface area contributed by atoms with Crippen LogP contribution in [0.15, 0.2) is 97.1 Å². The summed E-state index contributed by atoms with van der Waals surface area (Å²) < 4.78 is 5.98. The molecule has 1 aliphatic rings. The van der Waals surface area contributed by atoms with Crippen molar-refractivity contribution < 1.29 is 0 Å². The van der Waals surface area contributed by atoms with E-state index in [4.69, 9.17) is 0 Å². The lowest BCUT2D eigenvalue weighted by molar-refractivity contribution is 0.473. The van der Waals surface area contributed by atoms with E-state index in [1.54, 1.807) is 0 Å². The van der Waals surface area contributed by atoms with E-state index in [1.807, 2.05) is 8.60 Å². The summed E-state index contributed by atoms with van der Waals surface area (Å²) in [7, 11) is 0. The van der Waals surface area contributed by atoms with E-state index in [1.165, 1.54) is 27.8 Å². The summed E-state index contributed by atoms with van der Waals surface area (Å²) in [5, 5.41) is 0. The minimum atomic E-state index is -0.284. The van der Waals surface area contributed by atoms with E-state index < -0.39 is 0 Å². The molecule has 5 rings (SSSR count). The summed E-state index contributed by atoms with van der Waals surface area (Å²) in [6.07, 6.45) is 0.944. The average molecular weight is 561 g/mol. The first-order valence-corrected chi connectivity index (χ1v) is 15.1. The predicted octanol–water partition coefficient (Wildman–Crippen LogP) is 3.65. The molecule has 1 unspecified atom stereocenters. The van der Waals surface area contributed by atoms with Crippen LogP contribution in [0.3, 0.4) is 0 Å². The van der Waals surface area contributed by atoms with Gasteiger partial charge in [-0.3, -0.25) is 0 Å². The number of hydrogen-bond acceptors (Lipinski definition) is 3. The Morgan fingerprint density at radius 2 is 0.838 bits per heavy atom. The van der Waals surface area contributed by atoms with E-state index in [0.29, 0.717) is 0 Å². The monoisotopic (exact) mass is 561 g/mol. The maximum absolute atomic E-state index is 2.72.